The van der Waals surface area contributed by atoms with E-state index in [1.165, 1.54) is 12.0 Å². The second kappa shape index (κ2) is 9.12. The summed E-state index contributed by atoms with van der Waals surface area (Å²) >= 11 is 0.929. The zero-order chi connectivity index (χ0) is 21.9. The molecule has 0 radical (unpaired) electrons. The van der Waals surface area contributed by atoms with Crippen molar-refractivity contribution in [1.29, 1.82) is 0 Å². The molecule has 7 heteroatoms. The monoisotopic (exact) mass is 444 g/mol. The van der Waals surface area contributed by atoms with Crippen molar-refractivity contribution in [2.45, 2.75) is 25.7 Å². The number of piperidine rings is 1. The van der Waals surface area contributed by atoms with E-state index in [2.05, 4.69) is 50.5 Å². The van der Waals surface area contributed by atoms with Gasteiger partial charge in [-0.3, -0.25) is 14.9 Å². The van der Waals surface area contributed by atoms with Gasteiger partial charge in [0.1, 0.15) is 12.1 Å². The molecule has 6 nitrogen and oxygen atoms in total. The van der Waals surface area contributed by atoms with Gasteiger partial charge in [0.25, 0.3) is 11.1 Å². The third kappa shape index (κ3) is 4.53. The van der Waals surface area contributed by atoms with Crippen molar-refractivity contribution < 1.29 is 9.59 Å². The van der Waals surface area contributed by atoms with Crippen LogP contribution in [-0.2, 0) is 11.2 Å². The Morgan fingerprint density at radius 2 is 1.88 bits per heavy atom. The van der Waals surface area contributed by atoms with Gasteiger partial charge in [-0.1, -0.05) is 36.4 Å². The molecule has 2 fully saturated rings. The lowest BCUT2D eigenvalue weighted by molar-refractivity contribution is -0.115. The van der Waals surface area contributed by atoms with Crippen molar-refractivity contribution in [3.8, 4) is 0 Å². The standard InChI is InChI=1S/C25H24N4O2S/c30-24-22(32-25(31)28-24)15-19-8-9-21-20(14-19)23(27-16-26-21)29-12-10-18(11-13-29)7-6-17-4-2-1-3-5-17/h1-5,8-9,14-16,18H,6-7,10-13H2,(H,28,30,31)/b22-15+. The summed E-state index contributed by atoms with van der Waals surface area (Å²) in [5.74, 6) is 1.33. The van der Waals surface area contributed by atoms with Gasteiger partial charge in [0, 0.05) is 18.5 Å². The highest BCUT2D eigenvalue weighted by Gasteiger charge is 2.25. The van der Waals surface area contributed by atoms with Crippen molar-refractivity contribution in [3.05, 3.63) is 70.9 Å². The predicted octanol–water partition coefficient (Wildman–Crippen LogP) is 4.80. The molecule has 0 aliphatic carbocycles. The first-order chi connectivity index (χ1) is 15.7. The maximum atomic E-state index is 11.9. The Balaban J connectivity index is 1.30. The number of imide groups is 1. The topological polar surface area (TPSA) is 75.2 Å². The van der Waals surface area contributed by atoms with Crippen molar-refractivity contribution in [2.24, 2.45) is 5.92 Å². The molecule has 0 unspecified atom stereocenters. The van der Waals surface area contributed by atoms with Crippen molar-refractivity contribution in [1.82, 2.24) is 15.3 Å². The molecular weight excluding hydrogens is 420 g/mol. The molecule has 5 rings (SSSR count). The Bertz CT molecular complexity index is 1190. The minimum Gasteiger partial charge on any atom is -0.356 e. The largest absolute Gasteiger partial charge is 0.356 e. The van der Waals surface area contributed by atoms with E-state index < -0.39 is 0 Å². The summed E-state index contributed by atoms with van der Waals surface area (Å²) in [4.78, 5) is 35.1. The first-order valence-corrected chi connectivity index (χ1v) is 11.8. The second-order valence-corrected chi connectivity index (χ2v) is 9.30. The minimum absolute atomic E-state index is 0.332. The summed E-state index contributed by atoms with van der Waals surface area (Å²) in [7, 11) is 0. The van der Waals surface area contributed by atoms with E-state index in [-0.39, 0.29) is 11.1 Å². The lowest BCUT2D eigenvalue weighted by atomic mass is 9.90. The highest BCUT2D eigenvalue weighted by atomic mass is 32.2. The van der Waals surface area contributed by atoms with Crippen molar-refractivity contribution in [2.75, 3.05) is 18.0 Å². The molecule has 2 amide bonds. The number of thioether (sulfide) groups is 1. The van der Waals surface area contributed by atoms with Gasteiger partial charge in [0.05, 0.1) is 10.4 Å². The Labute approximate surface area is 191 Å². The van der Waals surface area contributed by atoms with Crippen LogP contribution in [0.1, 0.15) is 30.4 Å². The first kappa shape index (κ1) is 20.7. The average Bonchev–Trinajstić information content (AvgIpc) is 3.14. The summed E-state index contributed by atoms with van der Waals surface area (Å²) in [6, 6.07) is 16.6. The summed E-state index contributed by atoms with van der Waals surface area (Å²) in [6.45, 7) is 1.95. The molecule has 3 aromatic rings. The fourth-order valence-corrected chi connectivity index (χ4v) is 5.11. The summed E-state index contributed by atoms with van der Waals surface area (Å²) < 4.78 is 0. The van der Waals surface area contributed by atoms with E-state index in [0.717, 1.165) is 72.3 Å². The van der Waals surface area contributed by atoms with Gasteiger partial charge >= 0.3 is 0 Å². The number of aryl methyl sites for hydroxylation is 1. The zero-order valence-electron chi connectivity index (χ0n) is 17.7. The summed E-state index contributed by atoms with van der Waals surface area (Å²) in [6.07, 6.45) is 8.03. The second-order valence-electron chi connectivity index (χ2n) is 8.28. The normalized spacial score (nSPS) is 18.5. The Kier molecular flexibility index (Phi) is 5.90. The van der Waals surface area contributed by atoms with E-state index in [4.69, 9.17) is 0 Å². The number of carbonyl (C=O) groups excluding carboxylic acids is 2. The molecule has 0 atom stereocenters. The van der Waals surface area contributed by atoms with Crippen LogP contribution in [0.15, 0.2) is 59.8 Å². The predicted molar refractivity (Wildman–Crippen MR) is 128 cm³/mol. The number of rotatable bonds is 5. The summed E-state index contributed by atoms with van der Waals surface area (Å²) in [5.41, 5.74) is 3.15. The molecule has 1 aromatic heterocycles. The molecule has 2 aromatic carbocycles. The number of aromatic nitrogens is 2. The van der Waals surface area contributed by atoms with E-state index in [1.54, 1.807) is 12.4 Å². The fraction of sp³-hybridized carbons (Fsp3) is 0.280. The van der Waals surface area contributed by atoms with E-state index in [0.29, 0.717) is 4.91 Å². The highest BCUT2D eigenvalue weighted by Crippen LogP contribution is 2.31. The number of hydrogen-bond acceptors (Lipinski definition) is 6. The van der Waals surface area contributed by atoms with Crippen LogP contribution in [0.5, 0.6) is 0 Å². The molecule has 2 aliphatic heterocycles. The van der Waals surface area contributed by atoms with Gasteiger partial charge in [0.2, 0.25) is 0 Å². The maximum absolute atomic E-state index is 11.9. The minimum atomic E-state index is -0.345. The van der Waals surface area contributed by atoms with Crippen LogP contribution in [-0.4, -0.2) is 34.2 Å². The number of nitrogens with one attached hydrogen (secondary N) is 1. The van der Waals surface area contributed by atoms with Crippen molar-refractivity contribution >= 4 is 45.7 Å². The van der Waals surface area contributed by atoms with E-state index in [9.17, 15) is 9.59 Å². The quantitative estimate of drug-likeness (QED) is 0.570. The van der Waals surface area contributed by atoms with Gasteiger partial charge in [-0.05, 0) is 72.7 Å². The molecule has 2 saturated heterocycles. The molecule has 0 saturated carbocycles. The number of benzene rings is 2. The average molecular weight is 445 g/mol. The van der Waals surface area contributed by atoms with Gasteiger partial charge in [-0.15, -0.1) is 0 Å². The van der Waals surface area contributed by atoms with Gasteiger partial charge in [-0.25, -0.2) is 9.97 Å². The number of amides is 2. The zero-order valence-corrected chi connectivity index (χ0v) is 18.5. The number of hydrogen-bond donors (Lipinski definition) is 1. The third-order valence-electron chi connectivity index (χ3n) is 6.18. The summed E-state index contributed by atoms with van der Waals surface area (Å²) in [5, 5.41) is 2.94. The number of nitrogens with zero attached hydrogens (tertiary/aromatic N) is 3. The van der Waals surface area contributed by atoms with Crippen LogP contribution >= 0.6 is 11.8 Å². The van der Waals surface area contributed by atoms with Gasteiger partial charge in [0.15, 0.2) is 0 Å². The first-order valence-electron chi connectivity index (χ1n) is 10.9. The molecule has 2 aliphatic rings. The smallest absolute Gasteiger partial charge is 0.290 e. The van der Waals surface area contributed by atoms with E-state index >= 15 is 0 Å². The van der Waals surface area contributed by atoms with Crippen LogP contribution in [0.25, 0.3) is 17.0 Å². The Morgan fingerprint density at radius 3 is 2.62 bits per heavy atom. The molecule has 32 heavy (non-hydrogen) atoms. The Hall–Kier alpha value is -3.19. The van der Waals surface area contributed by atoms with Gasteiger partial charge < -0.3 is 4.90 Å². The maximum Gasteiger partial charge on any atom is 0.290 e. The van der Waals surface area contributed by atoms with Crippen LogP contribution in [0.4, 0.5) is 10.6 Å². The number of carbonyl (C=O) groups is 2. The molecular formula is C25H24N4O2S. The SMILES string of the molecule is O=C1NC(=O)/C(=C\c2ccc3ncnc(N4CCC(CCc5ccccc5)CC4)c3c2)S1. The highest BCUT2D eigenvalue weighted by molar-refractivity contribution is 8.18. The fourth-order valence-electron chi connectivity index (χ4n) is 4.42. The third-order valence-corrected chi connectivity index (χ3v) is 6.99. The van der Waals surface area contributed by atoms with Crippen LogP contribution in [0.3, 0.4) is 0 Å². The molecule has 0 bridgehead atoms. The number of anilines is 1. The van der Waals surface area contributed by atoms with Crippen LogP contribution < -0.4 is 10.2 Å². The molecule has 0 spiro atoms. The number of fused-ring (bicyclic) bond motifs is 1. The molecule has 3 heterocycles. The Morgan fingerprint density at radius 1 is 1.06 bits per heavy atom. The van der Waals surface area contributed by atoms with Crippen LogP contribution in [0, 0.1) is 5.92 Å². The van der Waals surface area contributed by atoms with Crippen LogP contribution in [0.2, 0.25) is 0 Å². The lowest BCUT2D eigenvalue weighted by Gasteiger charge is -2.33. The van der Waals surface area contributed by atoms with E-state index in [1.807, 2.05) is 18.2 Å². The van der Waals surface area contributed by atoms with Gasteiger partial charge in [-0.2, -0.15) is 0 Å². The molecule has 1 N–H and O–H groups in total. The molecule has 162 valence electrons. The lowest BCUT2D eigenvalue weighted by Crippen LogP contribution is -2.34. The van der Waals surface area contributed by atoms with Crippen molar-refractivity contribution in [3.63, 3.8) is 0 Å².